The maximum atomic E-state index is 5.33. The number of morpholine rings is 1. The number of benzene rings is 1. The van der Waals surface area contributed by atoms with E-state index in [0.717, 1.165) is 31.3 Å². The summed E-state index contributed by atoms with van der Waals surface area (Å²) in [4.78, 5) is 0. The molecule has 3 rings (SSSR count). The van der Waals surface area contributed by atoms with E-state index in [1.807, 2.05) is 0 Å². The summed E-state index contributed by atoms with van der Waals surface area (Å²) < 4.78 is 13.4. The van der Waals surface area contributed by atoms with Crippen LogP contribution in [0.3, 0.4) is 0 Å². The summed E-state index contributed by atoms with van der Waals surface area (Å²) in [5.74, 6) is 0. The van der Waals surface area contributed by atoms with Gasteiger partial charge in [0.15, 0.2) is 0 Å². The Balaban J connectivity index is 1.68. The first kappa shape index (κ1) is 11.8. The first-order valence-corrected chi connectivity index (χ1v) is 8.33. The molecule has 0 aliphatic carbocycles. The fourth-order valence-electron chi connectivity index (χ4n) is 1.63. The van der Waals surface area contributed by atoms with E-state index < -0.39 is 0 Å². The Bertz CT molecular complexity index is 496. The van der Waals surface area contributed by atoms with Gasteiger partial charge in [0, 0.05) is 18.5 Å². The highest BCUT2D eigenvalue weighted by atomic mass is 33.1. The number of hydrogen-bond donors (Lipinski definition) is 0. The lowest BCUT2D eigenvalue weighted by atomic mass is 10.3. The van der Waals surface area contributed by atoms with E-state index in [2.05, 4.69) is 32.9 Å². The number of ether oxygens (including phenoxy) is 1. The second-order valence-corrected chi connectivity index (χ2v) is 6.65. The number of nitrogens with zero attached hydrogens (tertiary/aromatic N) is 2. The molecule has 1 aliphatic heterocycles. The van der Waals surface area contributed by atoms with Crippen molar-refractivity contribution in [2.24, 2.45) is 0 Å². The number of fused-ring (bicyclic) bond motifs is 1. The molecule has 90 valence electrons. The SMILES string of the molecule is c1ccc2c(SSN3CCOCC3)nsc2c1. The molecule has 0 N–H and O–H groups in total. The molecule has 0 bridgehead atoms. The molecule has 1 aromatic heterocycles. The summed E-state index contributed by atoms with van der Waals surface area (Å²) in [6.07, 6.45) is 0. The van der Waals surface area contributed by atoms with Crippen molar-refractivity contribution in [3.8, 4) is 0 Å². The fraction of sp³-hybridized carbons (Fsp3) is 0.364. The van der Waals surface area contributed by atoms with Crippen LogP contribution in [-0.2, 0) is 4.74 Å². The number of hydrogen-bond acceptors (Lipinski definition) is 6. The van der Waals surface area contributed by atoms with Gasteiger partial charge in [-0.2, -0.15) is 4.37 Å². The molecular weight excluding hydrogens is 272 g/mol. The lowest BCUT2D eigenvalue weighted by Gasteiger charge is -2.24. The third-order valence-corrected chi connectivity index (χ3v) is 5.93. The Kier molecular flexibility index (Phi) is 3.87. The van der Waals surface area contributed by atoms with Gasteiger partial charge in [-0.05, 0) is 39.4 Å². The average molecular weight is 284 g/mol. The van der Waals surface area contributed by atoms with E-state index >= 15 is 0 Å². The van der Waals surface area contributed by atoms with Gasteiger partial charge in [0.25, 0.3) is 0 Å². The highest BCUT2D eigenvalue weighted by molar-refractivity contribution is 8.75. The van der Waals surface area contributed by atoms with Crippen LogP contribution in [0.25, 0.3) is 10.1 Å². The van der Waals surface area contributed by atoms with Crippen molar-refractivity contribution in [2.75, 3.05) is 26.3 Å². The van der Waals surface area contributed by atoms with E-state index in [1.54, 1.807) is 33.3 Å². The molecule has 17 heavy (non-hydrogen) atoms. The van der Waals surface area contributed by atoms with Gasteiger partial charge in [-0.1, -0.05) is 18.2 Å². The van der Waals surface area contributed by atoms with Gasteiger partial charge in [-0.15, -0.1) is 0 Å². The van der Waals surface area contributed by atoms with Gasteiger partial charge >= 0.3 is 0 Å². The van der Waals surface area contributed by atoms with E-state index in [1.165, 1.54) is 10.1 Å². The Labute approximate surface area is 112 Å². The minimum Gasteiger partial charge on any atom is -0.379 e. The standard InChI is InChI=1S/C11H12N2OS3/c1-2-4-10-9(3-1)11(12-15-10)16-17-13-5-7-14-8-6-13/h1-4H,5-8H2. The average Bonchev–Trinajstić information content (AvgIpc) is 2.81. The van der Waals surface area contributed by atoms with Crippen molar-refractivity contribution in [3.63, 3.8) is 0 Å². The Morgan fingerprint density at radius 2 is 2.06 bits per heavy atom. The van der Waals surface area contributed by atoms with Crippen molar-refractivity contribution in [1.82, 2.24) is 8.68 Å². The Hall–Kier alpha value is -0.270. The largest absolute Gasteiger partial charge is 0.379 e. The van der Waals surface area contributed by atoms with Crippen LogP contribution in [0.4, 0.5) is 0 Å². The zero-order valence-corrected chi connectivity index (χ0v) is 11.6. The number of rotatable bonds is 3. The highest BCUT2D eigenvalue weighted by Crippen LogP contribution is 2.38. The van der Waals surface area contributed by atoms with Crippen LogP contribution < -0.4 is 0 Å². The second-order valence-electron chi connectivity index (χ2n) is 3.68. The molecular formula is C11H12N2OS3. The van der Waals surface area contributed by atoms with Crippen LogP contribution in [0.1, 0.15) is 0 Å². The van der Waals surface area contributed by atoms with E-state index in [4.69, 9.17) is 4.74 Å². The van der Waals surface area contributed by atoms with Crippen molar-refractivity contribution in [2.45, 2.75) is 5.03 Å². The maximum Gasteiger partial charge on any atom is 0.129 e. The summed E-state index contributed by atoms with van der Waals surface area (Å²) in [5, 5.41) is 2.39. The molecule has 0 atom stereocenters. The summed E-state index contributed by atoms with van der Waals surface area (Å²) in [7, 11) is 3.53. The molecule has 1 aliphatic rings. The van der Waals surface area contributed by atoms with Crippen LogP contribution in [0.2, 0.25) is 0 Å². The predicted molar refractivity (Wildman–Crippen MR) is 75.5 cm³/mol. The molecule has 0 unspecified atom stereocenters. The van der Waals surface area contributed by atoms with E-state index in [0.29, 0.717) is 0 Å². The topological polar surface area (TPSA) is 25.4 Å². The lowest BCUT2D eigenvalue weighted by molar-refractivity contribution is 0.0779. The molecule has 6 heteroatoms. The van der Waals surface area contributed by atoms with Crippen LogP contribution in [-0.4, -0.2) is 35.0 Å². The van der Waals surface area contributed by atoms with Crippen LogP contribution >= 0.6 is 33.3 Å². The molecule has 0 amide bonds. The van der Waals surface area contributed by atoms with Crippen LogP contribution in [0, 0.1) is 0 Å². The minimum atomic E-state index is 0.839. The van der Waals surface area contributed by atoms with Gasteiger partial charge in [0.1, 0.15) is 5.03 Å². The fourth-order valence-corrected chi connectivity index (χ4v) is 4.87. The molecule has 0 saturated carbocycles. The smallest absolute Gasteiger partial charge is 0.129 e. The van der Waals surface area contributed by atoms with E-state index in [9.17, 15) is 0 Å². The second kappa shape index (κ2) is 5.58. The quantitative estimate of drug-likeness (QED) is 0.636. The monoisotopic (exact) mass is 284 g/mol. The summed E-state index contributed by atoms with van der Waals surface area (Å²) >= 11 is 1.57. The van der Waals surface area contributed by atoms with Gasteiger partial charge in [-0.25, -0.2) is 4.31 Å². The Morgan fingerprint density at radius 1 is 1.24 bits per heavy atom. The van der Waals surface area contributed by atoms with Gasteiger partial charge in [0.05, 0.1) is 17.9 Å². The summed E-state index contributed by atoms with van der Waals surface area (Å²) in [5.41, 5.74) is 0. The van der Waals surface area contributed by atoms with Crippen molar-refractivity contribution in [1.29, 1.82) is 0 Å². The minimum absolute atomic E-state index is 0.839. The number of aromatic nitrogens is 1. The molecule has 1 aromatic carbocycles. The van der Waals surface area contributed by atoms with Crippen molar-refractivity contribution in [3.05, 3.63) is 24.3 Å². The van der Waals surface area contributed by atoms with Crippen molar-refractivity contribution >= 4 is 43.4 Å². The zero-order chi connectivity index (χ0) is 11.5. The molecule has 1 fully saturated rings. The summed E-state index contributed by atoms with van der Waals surface area (Å²) in [6.45, 7) is 3.68. The molecule has 0 spiro atoms. The molecule has 3 nitrogen and oxygen atoms in total. The zero-order valence-electron chi connectivity index (χ0n) is 9.17. The molecule has 2 aromatic rings. The summed E-state index contributed by atoms with van der Waals surface area (Å²) in [6, 6.07) is 8.39. The molecule has 0 radical (unpaired) electrons. The van der Waals surface area contributed by atoms with Crippen LogP contribution in [0.15, 0.2) is 29.3 Å². The third kappa shape index (κ3) is 2.77. The molecule has 1 saturated heterocycles. The van der Waals surface area contributed by atoms with Gasteiger partial charge in [-0.3, -0.25) is 0 Å². The van der Waals surface area contributed by atoms with Gasteiger partial charge < -0.3 is 4.74 Å². The highest BCUT2D eigenvalue weighted by Gasteiger charge is 2.13. The van der Waals surface area contributed by atoms with Crippen LogP contribution in [0.5, 0.6) is 0 Å². The third-order valence-electron chi connectivity index (χ3n) is 2.54. The maximum absolute atomic E-state index is 5.33. The first-order valence-electron chi connectivity index (χ1n) is 5.45. The predicted octanol–water partition coefficient (Wildman–Crippen LogP) is 3.28. The van der Waals surface area contributed by atoms with E-state index in [-0.39, 0.29) is 0 Å². The first-order chi connectivity index (χ1) is 8.43. The normalized spacial score (nSPS) is 17.6. The van der Waals surface area contributed by atoms with Gasteiger partial charge in [0.2, 0.25) is 0 Å². The van der Waals surface area contributed by atoms with Crippen molar-refractivity contribution < 1.29 is 4.74 Å². The Morgan fingerprint density at radius 3 is 2.94 bits per heavy atom. The molecule has 2 heterocycles. The lowest BCUT2D eigenvalue weighted by Crippen LogP contribution is -2.30.